The van der Waals surface area contributed by atoms with E-state index in [1.54, 1.807) is 24.3 Å². The maximum absolute atomic E-state index is 12.5. The second-order valence-corrected chi connectivity index (χ2v) is 8.29. The number of aryl methyl sites for hydroxylation is 2. The first kappa shape index (κ1) is 21.9. The topological polar surface area (TPSA) is 70.2 Å². The fourth-order valence-corrected chi connectivity index (χ4v) is 3.81. The Bertz CT molecular complexity index is 853. The summed E-state index contributed by atoms with van der Waals surface area (Å²) in [4.78, 5) is 24.8. The minimum atomic E-state index is -0.125. The van der Waals surface area contributed by atoms with Gasteiger partial charge in [0.25, 0.3) is 5.91 Å². The van der Waals surface area contributed by atoms with E-state index in [-0.39, 0.29) is 24.4 Å². The van der Waals surface area contributed by atoms with Crippen molar-refractivity contribution in [3.63, 3.8) is 0 Å². The van der Waals surface area contributed by atoms with Crippen LogP contribution >= 0.6 is 0 Å². The Hall–Kier alpha value is -2.82. The zero-order valence-corrected chi connectivity index (χ0v) is 18.1. The van der Waals surface area contributed by atoms with Crippen molar-refractivity contribution in [2.75, 3.05) is 17.2 Å². The van der Waals surface area contributed by atoms with Gasteiger partial charge < -0.3 is 16.0 Å². The van der Waals surface area contributed by atoms with Gasteiger partial charge >= 0.3 is 0 Å². The van der Waals surface area contributed by atoms with Crippen LogP contribution in [0.25, 0.3) is 0 Å². The molecule has 0 spiro atoms. The Morgan fingerprint density at radius 2 is 1.47 bits per heavy atom. The highest BCUT2D eigenvalue weighted by Crippen LogP contribution is 2.18. The lowest BCUT2D eigenvalue weighted by atomic mass is 9.96. The molecule has 5 heteroatoms. The lowest BCUT2D eigenvalue weighted by Gasteiger charge is -2.21. The largest absolute Gasteiger partial charge is 0.376 e. The second kappa shape index (κ2) is 10.8. The monoisotopic (exact) mass is 407 g/mol. The maximum atomic E-state index is 12.5. The maximum Gasteiger partial charge on any atom is 0.251 e. The zero-order valence-electron chi connectivity index (χ0n) is 18.1. The van der Waals surface area contributed by atoms with Crippen LogP contribution in [-0.4, -0.2) is 24.4 Å². The molecule has 2 aromatic carbocycles. The van der Waals surface area contributed by atoms with Gasteiger partial charge in [-0.3, -0.25) is 9.59 Å². The first-order chi connectivity index (χ1) is 14.5. The van der Waals surface area contributed by atoms with Crippen LogP contribution in [0.3, 0.4) is 0 Å². The lowest BCUT2D eigenvalue weighted by molar-refractivity contribution is -0.114. The SMILES string of the molecule is Cc1ccc(NCC(=O)Nc2ccc(C(=O)NC3CCCCCCC3)cc2)cc1C. The molecule has 3 rings (SSSR count). The molecule has 160 valence electrons. The Labute approximate surface area is 179 Å². The van der Waals surface area contributed by atoms with Crippen LogP contribution in [0.2, 0.25) is 0 Å². The van der Waals surface area contributed by atoms with Crippen LogP contribution in [0, 0.1) is 13.8 Å². The van der Waals surface area contributed by atoms with Gasteiger partial charge in [-0.2, -0.15) is 0 Å². The third-order valence-electron chi connectivity index (χ3n) is 5.83. The summed E-state index contributed by atoms with van der Waals surface area (Å²) in [6, 6.07) is 13.4. The van der Waals surface area contributed by atoms with Crippen molar-refractivity contribution in [3.05, 3.63) is 59.2 Å². The van der Waals surface area contributed by atoms with Crippen molar-refractivity contribution in [1.29, 1.82) is 0 Å². The third-order valence-corrected chi connectivity index (χ3v) is 5.83. The predicted octanol–water partition coefficient (Wildman–Crippen LogP) is 5.20. The number of nitrogens with one attached hydrogen (secondary N) is 3. The van der Waals surface area contributed by atoms with Crippen LogP contribution in [0.5, 0.6) is 0 Å². The summed E-state index contributed by atoms with van der Waals surface area (Å²) in [5, 5.41) is 9.18. The number of hydrogen-bond donors (Lipinski definition) is 3. The van der Waals surface area contributed by atoms with Crippen molar-refractivity contribution in [2.24, 2.45) is 0 Å². The number of carbonyl (C=O) groups excluding carboxylic acids is 2. The predicted molar refractivity (Wildman–Crippen MR) is 123 cm³/mol. The minimum absolute atomic E-state index is 0.0325. The van der Waals surface area contributed by atoms with Crippen molar-refractivity contribution in [3.8, 4) is 0 Å². The third kappa shape index (κ3) is 6.61. The zero-order chi connectivity index (χ0) is 21.3. The summed E-state index contributed by atoms with van der Waals surface area (Å²) in [5.41, 5.74) is 4.65. The van der Waals surface area contributed by atoms with E-state index in [2.05, 4.69) is 29.8 Å². The number of amides is 2. The molecule has 0 bridgehead atoms. The molecule has 1 aliphatic rings. The van der Waals surface area contributed by atoms with E-state index >= 15 is 0 Å². The number of carbonyl (C=O) groups is 2. The summed E-state index contributed by atoms with van der Waals surface area (Å²) in [5.74, 6) is -0.158. The molecule has 0 heterocycles. The number of benzene rings is 2. The molecular formula is C25H33N3O2. The van der Waals surface area contributed by atoms with Gasteiger partial charge in [-0.05, 0) is 74.2 Å². The van der Waals surface area contributed by atoms with Crippen LogP contribution < -0.4 is 16.0 Å². The average molecular weight is 408 g/mol. The molecule has 0 aromatic heterocycles. The van der Waals surface area contributed by atoms with Gasteiger partial charge in [-0.25, -0.2) is 0 Å². The Morgan fingerprint density at radius 1 is 0.833 bits per heavy atom. The molecule has 2 aromatic rings. The van der Waals surface area contributed by atoms with Gasteiger partial charge in [-0.15, -0.1) is 0 Å². The van der Waals surface area contributed by atoms with E-state index in [0.717, 1.165) is 18.5 Å². The van der Waals surface area contributed by atoms with E-state index < -0.39 is 0 Å². The smallest absolute Gasteiger partial charge is 0.251 e. The van der Waals surface area contributed by atoms with Crippen LogP contribution in [0.4, 0.5) is 11.4 Å². The summed E-state index contributed by atoms with van der Waals surface area (Å²) in [7, 11) is 0. The average Bonchev–Trinajstić information content (AvgIpc) is 2.71. The van der Waals surface area contributed by atoms with E-state index in [4.69, 9.17) is 0 Å². The second-order valence-electron chi connectivity index (χ2n) is 8.29. The molecule has 1 aliphatic carbocycles. The highest BCUT2D eigenvalue weighted by atomic mass is 16.2. The van der Waals surface area contributed by atoms with Crippen molar-refractivity contribution < 1.29 is 9.59 Å². The molecule has 2 amide bonds. The lowest BCUT2D eigenvalue weighted by Crippen LogP contribution is -2.35. The molecule has 0 unspecified atom stereocenters. The number of hydrogen-bond acceptors (Lipinski definition) is 3. The quantitative estimate of drug-likeness (QED) is 0.617. The molecule has 1 fully saturated rings. The molecule has 0 aliphatic heterocycles. The summed E-state index contributed by atoms with van der Waals surface area (Å²) < 4.78 is 0. The standard InChI is InChI=1S/C25H33N3O2/c1-18-10-13-23(16-19(18)2)26-17-24(29)27-22-14-11-20(12-15-22)25(30)28-21-8-6-4-3-5-7-9-21/h10-16,21,26H,3-9,17H2,1-2H3,(H,27,29)(H,28,30). The molecule has 0 atom stereocenters. The normalized spacial score (nSPS) is 15.0. The fourth-order valence-electron chi connectivity index (χ4n) is 3.81. The first-order valence-corrected chi connectivity index (χ1v) is 11.0. The van der Waals surface area contributed by atoms with Crippen LogP contribution in [0.15, 0.2) is 42.5 Å². The Kier molecular flexibility index (Phi) is 7.89. The highest BCUT2D eigenvalue weighted by Gasteiger charge is 2.15. The Morgan fingerprint density at radius 3 is 2.13 bits per heavy atom. The number of rotatable bonds is 6. The molecule has 0 saturated heterocycles. The van der Waals surface area contributed by atoms with E-state index in [1.165, 1.54) is 43.2 Å². The van der Waals surface area contributed by atoms with Gasteiger partial charge in [0, 0.05) is 23.0 Å². The van der Waals surface area contributed by atoms with Gasteiger partial charge in [-0.1, -0.05) is 38.2 Å². The van der Waals surface area contributed by atoms with Crippen molar-refractivity contribution >= 4 is 23.2 Å². The van der Waals surface area contributed by atoms with E-state index in [9.17, 15) is 9.59 Å². The van der Waals surface area contributed by atoms with Gasteiger partial charge in [0.05, 0.1) is 6.54 Å². The van der Waals surface area contributed by atoms with E-state index in [1.807, 2.05) is 18.2 Å². The Balaban J connectivity index is 1.47. The summed E-state index contributed by atoms with van der Waals surface area (Å²) in [6.45, 7) is 4.30. The van der Waals surface area contributed by atoms with Crippen molar-refractivity contribution in [1.82, 2.24) is 5.32 Å². The molecule has 1 saturated carbocycles. The van der Waals surface area contributed by atoms with Crippen molar-refractivity contribution in [2.45, 2.75) is 64.8 Å². The molecule has 30 heavy (non-hydrogen) atoms. The molecule has 5 nitrogen and oxygen atoms in total. The van der Waals surface area contributed by atoms with E-state index in [0.29, 0.717) is 11.3 Å². The summed E-state index contributed by atoms with van der Waals surface area (Å²) >= 11 is 0. The molecule has 3 N–H and O–H groups in total. The van der Waals surface area contributed by atoms with Gasteiger partial charge in [0.1, 0.15) is 0 Å². The van der Waals surface area contributed by atoms with Crippen LogP contribution in [-0.2, 0) is 4.79 Å². The number of anilines is 2. The fraction of sp³-hybridized carbons (Fsp3) is 0.440. The summed E-state index contributed by atoms with van der Waals surface area (Å²) in [6.07, 6.45) is 8.34. The van der Waals surface area contributed by atoms with Crippen LogP contribution in [0.1, 0.15) is 66.4 Å². The van der Waals surface area contributed by atoms with Gasteiger partial charge in [0.15, 0.2) is 0 Å². The first-order valence-electron chi connectivity index (χ1n) is 11.0. The molecule has 0 radical (unpaired) electrons. The molecular weight excluding hydrogens is 374 g/mol. The highest BCUT2D eigenvalue weighted by molar-refractivity contribution is 5.96. The minimum Gasteiger partial charge on any atom is -0.376 e. The van der Waals surface area contributed by atoms with Gasteiger partial charge in [0.2, 0.25) is 5.91 Å².